The predicted octanol–water partition coefficient (Wildman–Crippen LogP) is 2.80. The minimum absolute atomic E-state index is 0.117. The molecule has 0 heterocycles. The number of aryl methyl sites for hydroxylation is 1. The van der Waals surface area contributed by atoms with Crippen molar-refractivity contribution in [2.45, 2.75) is 20.8 Å². The van der Waals surface area contributed by atoms with Gasteiger partial charge in [0, 0.05) is 14.1 Å². The molecule has 0 N–H and O–H groups in total. The Morgan fingerprint density at radius 1 is 1.29 bits per heavy atom. The smallest absolute Gasteiger partial charge is 0.343 e. The van der Waals surface area contributed by atoms with Crippen molar-refractivity contribution in [2.24, 2.45) is 0 Å². The number of carbonyl (C=O) groups is 1. The summed E-state index contributed by atoms with van der Waals surface area (Å²) >= 11 is 5.05. The molecule has 0 spiro atoms. The average molecular weight is 313 g/mol. The molecular formula is C15H23NO4S. The first-order chi connectivity index (χ1) is 9.93. The molecule has 0 saturated carbocycles. The Labute approximate surface area is 131 Å². The number of esters is 1. The summed E-state index contributed by atoms with van der Waals surface area (Å²) in [4.78, 5) is 12.7. The second-order valence-corrected chi connectivity index (χ2v) is 4.40. The fourth-order valence-electron chi connectivity index (χ4n) is 1.24. The zero-order chi connectivity index (χ0) is 16.4. The highest BCUT2D eigenvalue weighted by atomic mass is 32.1. The molecule has 0 fully saturated rings. The van der Waals surface area contributed by atoms with Crippen molar-refractivity contribution in [3.63, 3.8) is 0 Å². The first kappa shape index (κ1) is 19.2. The van der Waals surface area contributed by atoms with Crippen LogP contribution in [-0.4, -0.2) is 43.9 Å². The van der Waals surface area contributed by atoms with Gasteiger partial charge in [0.2, 0.25) is 0 Å². The fourth-order valence-corrected chi connectivity index (χ4v) is 1.33. The molecule has 1 aromatic rings. The van der Waals surface area contributed by atoms with Crippen molar-refractivity contribution in [3.05, 3.63) is 23.8 Å². The summed E-state index contributed by atoms with van der Waals surface area (Å²) in [5.74, 6) is 0.809. The summed E-state index contributed by atoms with van der Waals surface area (Å²) in [7, 11) is 4.93. The lowest BCUT2D eigenvalue weighted by Crippen LogP contribution is -2.25. The number of thiocarbonyl (C=S) groups is 1. The lowest BCUT2D eigenvalue weighted by atomic mass is 10.2. The molecule has 118 valence electrons. The van der Waals surface area contributed by atoms with Crippen LogP contribution in [0.2, 0.25) is 0 Å². The topological polar surface area (TPSA) is 48.0 Å². The summed E-state index contributed by atoms with van der Waals surface area (Å²) in [5, 5.41) is 0.377. The van der Waals surface area contributed by atoms with Crippen molar-refractivity contribution in [3.8, 4) is 11.5 Å². The highest BCUT2D eigenvalue weighted by Gasteiger charge is 2.07. The zero-order valence-electron chi connectivity index (χ0n) is 13.4. The summed E-state index contributed by atoms with van der Waals surface area (Å²) < 4.78 is 15.3. The minimum Gasteiger partial charge on any atom is -0.482 e. The number of hydrogen-bond donors (Lipinski definition) is 0. The van der Waals surface area contributed by atoms with Gasteiger partial charge in [0.15, 0.2) is 6.61 Å². The monoisotopic (exact) mass is 313 g/mol. The molecule has 1 rings (SSSR count). The van der Waals surface area contributed by atoms with Crippen LogP contribution in [-0.2, 0) is 9.53 Å². The van der Waals surface area contributed by atoms with E-state index in [1.807, 2.05) is 34.9 Å². The Hall–Kier alpha value is -1.82. The van der Waals surface area contributed by atoms with Crippen molar-refractivity contribution in [1.29, 1.82) is 0 Å². The normalized spacial score (nSPS) is 9.05. The number of benzene rings is 1. The number of methoxy groups -OCH3 is 1. The van der Waals surface area contributed by atoms with Crippen LogP contribution in [0.15, 0.2) is 18.2 Å². The average Bonchev–Trinajstić information content (AvgIpc) is 2.48. The minimum atomic E-state index is -0.423. The lowest BCUT2D eigenvalue weighted by molar-refractivity contribution is -0.142. The highest BCUT2D eigenvalue weighted by Crippen LogP contribution is 2.23. The second kappa shape index (κ2) is 9.99. The molecule has 0 radical (unpaired) electrons. The molecule has 0 saturated heterocycles. The molecule has 0 amide bonds. The van der Waals surface area contributed by atoms with Crippen molar-refractivity contribution in [2.75, 3.05) is 27.8 Å². The predicted molar refractivity (Wildman–Crippen MR) is 87.0 cm³/mol. The molecule has 5 nitrogen and oxygen atoms in total. The molecule has 1 aromatic carbocycles. The van der Waals surface area contributed by atoms with Crippen LogP contribution in [0.3, 0.4) is 0 Å². The summed E-state index contributed by atoms with van der Waals surface area (Å²) in [5.41, 5.74) is 0.850. The van der Waals surface area contributed by atoms with Crippen LogP contribution in [0.25, 0.3) is 0 Å². The Kier molecular flexibility index (Phi) is 9.12. The molecule has 0 aliphatic heterocycles. The van der Waals surface area contributed by atoms with E-state index in [0.717, 1.165) is 5.56 Å². The number of ether oxygens (including phenoxy) is 3. The molecule has 0 unspecified atom stereocenters. The van der Waals surface area contributed by atoms with Gasteiger partial charge in [0.25, 0.3) is 5.17 Å². The molecule has 6 heteroatoms. The van der Waals surface area contributed by atoms with Gasteiger partial charge in [0.05, 0.1) is 7.11 Å². The standard InChI is InChI=1S/C13H17NO4S.C2H6/c1-9-7-10(18-13(19)14(2)3)5-6-11(9)17-8-12(15)16-4;1-2/h5-7H,8H2,1-4H3;1-2H3. The summed E-state index contributed by atoms with van der Waals surface area (Å²) in [6.45, 7) is 5.74. The third-order valence-electron chi connectivity index (χ3n) is 2.29. The van der Waals surface area contributed by atoms with E-state index in [1.165, 1.54) is 7.11 Å². The lowest BCUT2D eigenvalue weighted by Gasteiger charge is -2.15. The maximum atomic E-state index is 11.0. The van der Waals surface area contributed by atoms with Gasteiger partial charge >= 0.3 is 5.97 Å². The van der Waals surface area contributed by atoms with Crippen LogP contribution in [0.4, 0.5) is 0 Å². The van der Waals surface area contributed by atoms with Gasteiger partial charge in [0.1, 0.15) is 11.5 Å². The van der Waals surface area contributed by atoms with Crippen LogP contribution in [0.1, 0.15) is 19.4 Å². The highest BCUT2D eigenvalue weighted by molar-refractivity contribution is 7.80. The Bertz CT molecular complexity index is 475. The fraction of sp³-hybridized carbons (Fsp3) is 0.467. The van der Waals surface area contributed by atoms with Crippen molar-refractivity contribution >= 4 is 23.4 Å². The van der Waals surface area contributed by atoms with Crippen LogP contribution in [0.5, 0.6) is 11.5 Å². The van der Waals surface area contributed by atoms with Crippen LogP contribution in [0, 0.1) is 6.92 Å². The first-order valence-corrected chi connectivity index (χ1v) is 7.04. The molecule has 21 heavy (non-hydrogen) atoms. The molecule has 0 bridgehead atoms. The number of nitrogens with zero attached hydrogens (tertiary/aromatic N) is 1. The molecule has 0 aliphatic rings. The van der Waals surface area contributed by atoms with Crippen molar-refractivity contribution in [1.82, 2.24) is 4.90 Å². The third kappa shape index (κ3) is 6.94. The summed E-state index contributed by atoms with van der Waals surface area (Å²) in [6, 6.07) is 5.25. The number of rotatable bonds is 4. The zero-order valence-corrected chi connectivity index (χ0v) is 14.2. The van der Waals surface area contributed by atoms with Crippen LogP contribution < -0.4 is 9.47 Å². The van der Waals surface area contributed by atoms with Gasteiger partial charge < -0.3 is 19.1 Å². The largest absolute Gasteiger partial charge is 0.482 e. The maximum Gasteiger partial charge on any atom is 0.343 e. The SMILES string of the molecule is CC.COC(=O)COc1ccc(OC(=S)N(C)C)cc1C. The number of carbonyl (C=O) groups excluding carboxylic acids is 1. The quantitative estimate of drug-likeness (QED) is 0.629. The van der Waals surface area contributed by atoms with Gasteiger partial charge in [-0.15, -0.1) is 0 Å². The molecule has 0 aromatic heterocycles. The Balaban J connectivity index is 0.00000191. The van der Waals surface area contributed by atoms with Gasteiger partial charge in [-0.05, 0) is 42.9 Å². The van der Waals surface area contributed by atoms with Gasteiger partial charge in [-0.1, -0.05) is 13.8 Å². The molecule has 0 aliphatic carbocycles. The van der Waals surface area contributed by atoms with E-state index >= 15 is 0 Å². The second-order valence-electron chi connectivity index (χ2n) is 4.05. The van der Waals surface area contributed by atoms with Gasteiger partial charge in [-0.2, -0.15) is 0 Å². The number of hydrogen-bond acceptors (Lipinski definition) is 5. The molecular weight excluding hydrogens is 290 g/mol. The van der Waals surface area contributed by atoms with E-state index in [1.54, 1.807) is 23.1 Å². The van der Waals surface area contributed by atoms with E-state index in [2.05, 4.69) is 4.74 Å². The van der Waals surface area contributed by atoms with E-state index in [-0.39, 0.29) is 6.61 Å². The van der Waals surface area contributed by atoms with E-state index in [0.29, 0.717) is 16.7 Å². The van der Waals surface area contributed by atoms with E-state index < -0.39 is 5.97 Å². The van der Waals surface area contributed by atoms with Gasteiger partial charge in [-0.3, -0.25) is 0 Å². The Morgan fingerprint density at radius 2 is 1.90 bits per heavy atom. The molecule has 0 atom stereocenters. The Morgan fingerprint density at radius 3 is 2.38 bits per heavy atom. The maximum absolute atomic E-state index is 11.0. The van der Waals surface area contributed by atoms with Crippen molar-refractivity contribution < 1.29 is 19.0 Å². The van der Waals surface area contributed by atoms with E-state index in [9.17, 15) is 4.79 Å². The first-order valence-electron chi connectivity index (χ1n) is 6.63. The summed E-state index contributed by atoms with van der Waals surface area (Å²) in [6.07, 6.45) is 0. The van der Waals surface area contributed by atoms with E-state index in [4.69, 9.17) is 21.7 Å². The van der Waals surface area contributed by atoms with Gasteiger partial charge in [-0.25, -0.2) is 4.79 Å². The van der Waals surface area contributed by atoms with Crippen LogP contribution >= 0.6 is 12.2 Å². The third-order valence-corrected chi connectivity index (χ3v) is 2.74.